The molecule has 0 N–H and O–H groups in total. The molecule has 0 spiro atoms. The minimum absolute atomic E-state index is 0.0457. The van der Waals surface area contributed by atoms with Gasteiger partial charge in [-0.25, -0.2) is 9.67 Å². The van der Waals surface area contributed by atoms with E-state index >= 15 is 0 Å². The number of aryl methyl sites for hydroxylation is 1. The molecule has 3 aromatic carbocycles. The van der Waals surface area contributed by atoms with Crippen molar-refractivity contribution in [1.82, 2.24) is 29.8 Å². The first-order valence-electron chi connectivity index (χ1n) is 12.3. The minimum Gasteiger partial charge on any atom is -0.323 e. The molecular weight excluding hydrogens is 448 g/mol. The molecule has 0 aliphatic carbocycles. The van der Waals surface area contributed by atoms with Gasteiger partial charge in [-0.3, -0.25) is 4.79 Å². The van der Waals surface area contributed by atoms with Crippen molar-refractivity contribution in [3.8, 4) is 22.5 Å². The van der Waals surface area contributed by atoms with Gasteiger partial charge in [0.05, 0.1) is 11.1 Å². The van der Waals surface area contributed by atoms with Gasteiger partial charge in [-0.1, -0.05) is 67.6 Å². The number of aromatic nitrogens is 6. The molecule has 0 unspecified atom stereocenters. The number of rotatable bonds is 6. The van der Waals surface area contributed by atoms with Crippen molar-refractivity contribution in [3.05, 3.63) is 94.4 Å². The van der Waals surface area contributed by atoms with Gasteiger partial charge in [0.15, 0.2) is 5.82 Å². The van der Waals surface area contributed by atoms with Crippen LogP contribution in [0.15, 0.2) is 77.6 Å². The number of fused-ring (bicyclic) bond motifs is 1. The number of hydrogen-bond acceptors (Lipinski definition) is 5. The van der Waals surface area contributed by atoms with E-state index in [-0.39, 0.29) is 11.0 Å². The third-order valence-electron chi connectivity index (χ3n) is 6.28. The number of hydrogen-bond donors (Lipinski definition) is 0. The summed E-state index contributed by atoms with van der Waals surface area (Å²) in [5, 5.41) is 12.5. The van der Waals surface area contributed by atoms with Crippen LogP contribution in [-0.4, -0.2) is 29.8 Å². The largest absolute Gasteiger partial charge is 0.323 e. The topological polar surface area (TPSA) is 78.5 Å². The Balaban J connectivity index is 1.52. The van der Waals surface area contributed by atoms with E-state index in [1.165, 1.54) is 0 Å². The fourth-order valence-electron chi connectivity index (χ4n) is 4.53. The van der Waals surface area contributed by atoms with Gasteiger partial charge in [0.2, 0.25) is 5.43 Å². The summed E-state index contributed by atoms with van der Waals surface area (Å²) in [6.45, 7) is 9.05. The lowest BCUT2D eigenvalue weighted by Gasteiger charge is -2.21. The summed E-state index contributed by atoms with van der Waals surface area (Å²) in [5.41, 5.74) is 5.43. The Bertz CT molecular complexity index is 1570. The standard InChI is InChI=1S/C29H30N6O/c1-5-10-26-30-27-24(13-8-9-14-25(27)36)34(26)19-20-15-17-21(18-16-20)22-11-6-7-12-23(22)28-31-32-33-35(28)29(2,3)4/h6-9,11-18H,5,10,19H2,1-4H3. The zero-order valence-corrected chi connectivity index (χ0v) is 21.1. The third-order valence-corrected chi connectivity index (χ3v) is 6.28. The fourth-order valence-corrected chi connectivity index (χ4v) is 4.53. The van der Waals surface area contributed by atoms with Crippen molar-refractivity contribution >= 4 is 11.0 Å². The second-order valence-corrected chi connectivity index (χ2v) is 10.0. The zero-order chi connectivity index (χ0) is 25.3. The molecular formula is C29H30N6O. The molecule has 7 heteroatoms. The van der Waals surface area contributed by atoms with Crippen LogP contribution in [0, 0.1) is 0 Å². The third kappa shape index (κ3) is 4.44. The summed E-state index contributed by atoms with van der Waals surface area (Å²) in [6.07, 6.45) is 1.79. The molecule has 2 aromatic heterocycles. The highest BCUT2D eigenvalue weighted by Crippen LogP contribution is 2.32. The molecule has 2 heterocycles. The van der Waals surface area contributed by atoms with E-state index in [1.54, 1.807) is 12.1 Å². The lowest BCUT2D eigenvalue weighted by molar-refractivity contribution is 0.351. The summed E-state index contributed by atoms with van der Waals surface area (Å²) in [5.74, 6) is 1.69. The van der Waals surface area contributed by atoms with Crippen LogP contribution in [0.3, 0.4) is 0 Å². The number of benzene rings is 2. The maximum Gasteiger partial charge on any atom is 0.206 e. The molecule has 0 aliphatic heterocycles. The summed E-state index contributed by atoms with van der Waals surface area (Å²) >= 11 is 0. The SMILES string of the molecule is CCCc1nc2c(=O)ccccc2n1Cc1ccc(-c2ccccc2-c2nnnn2C(C)(C)C)cc1. The maximum atomic E-state index is 12.5. The normalized spacial score (nSPS) is 11.8. The lowest BCUT2D eigenvalue weighted by Crippen LogP contribution is -2.24. The molecule has 0 aliphatic rings. The van der Waals surface area contributed by atoms with Crippen LogP contribution in [-0.2, 0) is 18.5 Å². The Morgan fingerprint density at radius 1 is 0.861 bits per heavy atom. The van der Waals surface area contributed by atoms with Gasteiger partial charge in [0.1, 0.15) is 11.3 Å². The van der Waals surface area contributed by atoms with Crippen LogP contribution in [0.25, 0.3) is 33.5 Å². The molecule has 0 amide bonds. The molecule has 5 rings (SSSR count). The maximum absolute atomic E-state index is 12.5. The van der Waals surface area contributed by atoms with Crippen molar-refractivity contribution in [1.29, 1.82) is 0 Å². The fraction of sp³-hybridized carbons (Fsp3) is 0.276. The lowest BCUT2D eigenvalue weighted by atomic mass is 9.97. The second kappa shape index (κ2) is 9.49. The molecule has 182 valence electrons. The van der Waals surface area contributed by atoms with Crippen LogP contribution in [0.2, 0.25) is 0 Å². The summed E-state index contributed by atoms with van der Waals surface area (Å²) in [6, 6.07) is 24.0. The van der Waals surface area contributed by atoms with Gasteiger partial charge < -0.3 is 4.57 Å². The summed E-state index contributed by atoms with van der Waals surface area (Å²) in [4.78, 5) is 17.2. The van der Waals surface area contributed by atoms with E-state index < -0.39 is 0 Å². The van der Waals surface area contributed by atoms with Crippen LogP contribution in [0.5, 0.6) is 0 Å². The molecule has 7 nitrogen and oxygen atoms in total. The molecule has 36 heavy (non-hydrogen) atoms. The van der Waals surface area contributed by atoms with E-state index in [0.717, 1.165) is 52.3 Å². The highest BCUT2D eigenvalue weighted by Gasteiger charge is 2.22. The Labute approximate surface area is 210 Å². The first-order chi connectivity index (χ1) is 17.4. The van der Waals surface area contributed by atoms with Crippen molar-refractivity contribution < 1.29 is 0 Å². The van der Waals surface area contributed by atoms with Gasteiger partial charge in [-0.2, -0.15) is 0 Å². The highest BCUT2D eigenvalue weighted by atomic mass is 16.1. The van der Waals surface area contributed by atoms with Crippen LogP contribution < -0.4 is 5.43 Å². The van der Waals surface area contributed by atoms with Gasteiger partial charge in [0.25, 0.3) is 0 Å². The summed E-state index contributed by atoms with van der Waals surface area (Å²) in [7, 11) is 0. The predicted molar refractivity (Wildman–Crippen MR) is 143 cm³/mol. The summed E-state index contributed by atoms with van der Waals surface area (Å²) < 4.78 is 4.03. The van der Waals surface area contributed by atoms with E-state index in [4.69, 9.17) is 4.98 Å². The molecule has 0 atom stereocenters. The van der Waals surface area contributed by atoms with Gasteiger partial charge in [-0.15, -0.1) is 5.10 Å². The van der Waals surface area contributed by atoms with E-state index in [0.29, 0.717) is 12.1 Å². The first kappa shape index (κ1) is 23.6. The number of tetrazole rings is 1. The highest BCUT2D eigenvalue weighted by molar-refractivity contribution is 5.80. The van der Waals surface area contributed by atoms with Crippen LogP contribution in [0.1, 0.15) is 45.5 Å². The van der Waals surface area contributed by atoms with Gasteiger partial charge >= 0.3 is 0 Å². The van der Waals surface area contributed by atoms with E-state index in [1.807, 2.05) is 28.9 Å². The minimum atomic E-state index is -0.236. The van der Waals surface area contributed by atoms with E-state index in [2.05, 4.69) is 84.2 Å². The smallest absolute Gasteiger partial charge is 0.206 e. The van der Waals surface area contributed by atoms with Crippen LogP contribution in [0.4, 0.5) is 0 Å². The van der Waals surface area contributed by atoms with E-state index in [9.17, 15) is 4.79 Å². The molecule has 0 saturated carbocycles. The van der Waals surface area contributed by atoms with Crippen molar-refractivity contribution in [2.45, 2.75) is 52.6 Å². The Kier molecular flexibility index (Phi) is 6.22. The number of imidazole rings is 1. The molecule has 0 bridgehead atoms. The number of nitrogens with zero attached hydrogens (tertiary/aromatic N) is 6. The predicted octanol–water partition coefficient (Wildman–Crippen LogP) is 5.47. The van der Waals surface area contributed by atoms with Gasteiger partial charge in [0, 0.05) is 18.5 Å². The molecule has 0 radical (unpaired) electrons. The first-order valence-corrected chi connectivity index (χ1v) is 12.3. The average molecular weight is 479 g/mol. The van der Waals surface area contributed by atoms with Crippen molar-refractivity contribution in [2.75, 3.05) is 0 Å². The molecule has 0 saturated heterocycles. The van der Waals surface area contributed by atoms with Crippen molar-refractivity contribution in [2.24, 2.45) is 0 Å². The monoisotopic (exact) mass is 478 g/mol. The molecule has 5 aromatic rings. The quantitative estimate of drug-likeness (QED) is 0.323. The Morgan fingerprint density at radius 2 is 1.56 bits per heavy atom. The average Bonchev–Trinajstić information content (AvgIpc) is 3.44. The Hall–Kier alpha value is -4.13. The second-order valence-electron chi connectivity index (χ2n) is 10.0. The van der Waals surface area contributed by atoms with Gasteiger partial charge in [-0.05, 0) is 66.4 Å². The Morgan fingerprint density at radius 3 is 2.28 bits per heavy atom. The zero-order valence-electron chi connectivity index (χ0n) is 21.1. The van der Waals surface area contributed by atoms with Crippen LogP contribution >= 0.6 is 0 Å². The van der Waals surface area contributed by atoms with Crippen molar-refractivity contribution in [3.63, 3.8) is 0 Å². The molecule has 0 fully saturated rings.